The number of aromatic amines is 2. The molecule has 6 nitrogen and oxygen atoms in total. The number of aryl methyl sites for hydroxylation is 1. The summed E-state index contributed by atoms with van der Waals surface area (Å²) in [6.45, 7) is 4.97. The molecule has 5 rings (SSSR count). The number of halogens is 1. The minimum Gasteiger partial charge on any atom is -0.383 e. The van der Waals surface area contributed by atoms with Crippen LogP contribution in [0.25, 0.3) is 33.3 Å². The zero-order valence-electron chi connectivity index (χ0n) is 16.8. The first kappa shape index (κ1) is 19.2. The molecule has 2 aromatic heterocycles. The first-order valence-corrected chi connectivity index (χ1v) is 10.7. The summed E-state index contributed by atoms with van der Waals surface area (Å²) < 4.78 is 0. The maximum Gasteiger partial charge on any atom is 0.261 e. The van der Waals surface area contributed by atoms with Crippen molar-refractivity contribution in [3.05, 3.63) is 57.3 Å². The number of imidazole rings is 1. The number of hydrogen-bond donors (Lipinski definition) is 4. The van der Waals surface area contributed by atoms with Crippen LogP contribution in [-0.2, 0) is 0 Å². The van der Waals surface area contributed by atoms with E-state index in [4.69, 9.17) is 11.6 Å². The van der Waals surface area contributed by atoms with Gasteiger partial charge in [0.15, 0.2) is 0 Å². The highest BCUT2D eigenvalue weighted by Gasteiger charge is 2.20. The van der Waals surface area contributed by atoms with Gasteiger partial charge < -0.3 is 20.6 Å². The van der Waals surface area contributed by atoms with Gasteiger partial charge in [-0.25, -0.2) is 4.98 Å². The number of fused-ring (bicyclic) bond motifs is 2. The van der Waals surface area contributed by atoms with Crippen LogP contribution >= 0.6 is 11.6 Å². The molecule has 1 aliphatic rings. The number of anilines is 1. The van der Waals surface area contributed by atoms with Crippen LogP contribution in [0.4, 0.5) is 5.69 Å². The van der Waals surface area contributed by atoms with Crippen LogP contribution in [0.3, 0.4) is 0 Å². The van der Waals surface area contributed by atoms with Gasteiger partial charge >= 0.3 is 0 Å². The van der Waals surface area contributed by atoms with Gasteiger partial charge in [-0.15, -0.1) is 0 Å². The number of rotatable bonds is 4. The van der Waals surface area contributed by atoms with Gasteiger partial charge in [-0.05, 0) is 69.1 Å². The van der Waals surface area contributed by atoms with E-state index in [0.29, 0.717) is 22.3 Å². The molecule has 0 aliphatic carbocycles. The van der Waals surface area contributed by atoms with Gasteiger partial charge in [-0.3, -0.25) is 4.79 Å². The van der Waals surface area contributed by atoms with Gasteiger partial charge in [0.25, 0.3) is 5.56 Å². The normalized spacial score (nSPS) is 15.1. The molecular weight excluding hydrogens is 398 g/mol. The average Bonchev–Trinajstić information content (AvgIpc) is 3.15. The highest BCUT2D eigenvalue weighted by molar-refractivity contribution is 6.31. The van der Waals surface area contributed by atoms with E-state index in [1.807, 2.05) is 24.3 Å². The zero-order valence-corrected chi connectivity index (χ0v) is 17.6. The second-order valence-electron chi connectivity index (χ2n) is 8.07. The van der Waals surface area contributed by atoms with Crippen LogP contribution in [0.2, 0.25) is 5.02 Å². The third-order valence-corrected chi connectivity index (χ3v) is 6.11. The summed E-state index contributed by atoms with van der Waals surface area (Å²) in [5.41, 5.74) is 4.76. The summed E-state index contributed by atoms with van der Waals surface area (Å²) >= 11 is 6.13. The Morgan fingerprint density at radius 2 is 1.93 bits per heavy atom. The number of benzene rings is 2. The molecule has 0 spiro atoms. The van der Waals surface area contributed by atoms with Crippen molar-refractivity contribution in [2.24, 2.45) is 5.92 Å². The Kier molecular flexibility index (Phi) is 4.97. The Morgan fingerprint density at radius 3 is 2.77 bits per heavy atom. The van der Waals surface area contributed by atoms with Crippen LogP contribution in [0.1, 0.15) is 18.4 Å². The summed E-state index contributed by atoms with van der Waals surface area (Å²) in [5, 5.41) is 8.65. The summed E-state index contributed by atoms with van der Waals surface area (Å²) in [7, 11) is 0. The fourth-order valence-corrected chi connectivity index (χ4v) is 4.42. The summed E-state index contributed by atoms with van der Waals surface area (Å²) in [6, 6.07) is 11.6. The van der Waals surface area contributed by atoms with E-state index in [-0.39, 0.29) is 5.56 Å². The molecule has 0 unspecified atom stereocenters. The molecule has 1 saturated heterocycles. The summed E-state index contributed by atoms with van der Waals surface area (Å²) in [4.78, 5) is 24.1. The zero-order chi connectivity index (χ0) is 20.7. The predicted octanol–water partition coefficient (Wildman–Crippen LogP) is 4.44. The number of H-pyrrole nitrogens is 2. The molecule has 2 aromatic carbocycles. The Bertz CT molecular complexity index is 1290. The lowest BCUT2D eigenvalue weighted by molar-refractivity contribution is 0.390. The number of aromatic nitrogens is 3. The topological polar surface area (TPSA) is 85.6 Å². The van der Waals surface area contributed by atoms with E-state index in [2.05, 4.69) is 38.6 Å². The number of nitrogens with zero attached hydrogens (tertiary/aromatic N) is 1. The standard InChI is InChI=1S/C23H24ClN5O/c1-13-2-4-17-16(10-13)21(26-12-14-6-8-25-9-7-14)20(23(30)29-17)22-27-18-5-3-15(24)11-19(18)28-22/h2-5,10-11,14,25H,6-9,12H2,1H3,(H,27,28)(H2,26,29,30). The molecule has 0 amide bonds. The lowest BCUT2D eigenvalue weighted by Crippen LogP contribution is -2.31. The van der Waals surface area contributed by atoms with E-state index in [9.17, 15) is 4.79 Å². The van der Waals surface area contributed by atoms with Crippen molar-refractivity contribution < 1.29 is 0 Å². The first-order valence-electron chi connectivity index (χ1n) is 10.4. The number of piperidine rings is 1. The van der Waals surface area contributed by atoms with Gasteiger partial charge in [0.2, 0.25) is 0 Å². The minimum atomic E-state index is -0.163. The first-order chi connectivity index (χ1) is 14.6. The number of pyridine rings is 1. The molecule has 4 aromatic rings. The van der Waals surface area contributed by atoms with Gasteiger partial charge in [-0.2, -0.15) is 0 Å². The lowest BCUT2D eigenvalue weighted by Gasteiger charge is -2.24. The van der Waals surface area contributed by atoms with Gasteiger partial charge in [-0.1, -0.05) is 23.2 Å². The Labute approximate surface area is 179 Å². The molecule has 0 atom stereocenters. The van der Waals surface area contributed by atoms with E-state index in [1.54, 1.807) is 6.07 Å². The van der Waals surface area contributed by atoms with E-state index in [1.165, 1.54) is 0 Å². The average molecular weight is 422 g/mol. The fourth-order valence-electron chi connectivity index (χ4n) is 4.25. The fraction of sp³-hybridized carbons (Fsp3) is 0.304. The third kappa shape index (κ3) is 3.57. The van der Waals surface area contributed by atoms with E-state index < -0.39 is 0 Å². The third-order valence-electron chi connectivity index (χ3n) is 5.88. The van der Waals surface area contributed by atoms with Crippen molar-refractivity contribution >= 4 is 39.2 Å². The van der Waals surface area contributed by atoms with Gasteiger partial charge in [0.1, 0.15) is 11.4 Å². The maximum atomic E-state index is 13.1. The molecule has 1 fully saturated rings. The second-order valence-corrected chi connectivity index (χ2v) is 8.51. The molecule has 4 N–H and O–H groups in total. The van der Waals surface area contributed by atoms with Crippen molar-refractivity contribution in [2.45, 2.75) is 19.8 Å². The molecular formula is C23H24ClN5O. The molecule has 0 bridgehead atoms. The van der Waals surface area contributed by atoms with E-state index in [0.717, 1.165) is 65.7 Å². The Morgan fingerprint density at radius 1 is 1.10 bits per heavy atom. The number of hydrogen-bond acceptors (Lipinski definition) is 4. The molecule has 154 valence electrons. The van der Waals surface area contributed by atoms with Crippen LogP contribution in [0.15, 0.2) is 41.2 Å². The minimum absolute atomic E-state index is 0.163. The van der Waals surface area contributed by atoms with Crippen molar-refractivity contribution in [2.75, 3.05) is 25.0 Å². The van der Waals surface area contributed by atoms with Crippen LogP contribution < -0.4 is 16.2 Å². The molecule has 7 heteroatoms. The highest BCUT2D eigenvalue weighted by Crippen LogP contribution is 2.32. The predicted molar refractivity (Wildman–Crippen MR) is 123 cm³/mol. The quantitative estimate of drug-likeness (QED) is 0.392. The Balaban J connectivity index is 1.66. The molecule has 0 radical (unpaired) electrons. The molecule has 3 heterocycles. The Hall–Kier alpha value is -2.83. The SMILES string of the molecule is Cc1ccc2[nH]c(=O)c(-c3nc4ccc(Cl)cc4[nH]3)c(NCC3CCNCC3)c2c1. The monoisotopic (exact) mass is 421 g/mol. The maximum absolute atomic E-state index is 13.1. The van der Waals surface area contributed by atoms with Crippen molar-refractivity contribution in [3.8, 4) is 11.4 Å². The van der Waals surface area contributed by atoms with Gasteiger partial charge in [0.05, 0.1) is 22.2 Å². The molecule has 0 saturated carbocycles. The van der Waals surface area contributed by atoms with Gasteiger partial charge in [0, 0.05) is 17.0 Å². The summed E-state index contributed by atoms with van der Waals surface area (Å²) in [5.74, 6) is 1.12. The van der Waals surface area contributed by atoms with Crippen molar-refractivity contribution in [3.63, 3.8) is 0 Å². The lowest BCUT2D eigenvalue weighted by atomic mass is 9.97. The van der Waals surface area contributed by atoms with Crippen molar-refractivity contribution in [1.82, 2.24) is 20.3 Å². The van der Waals surface area contributed by atoms with E-state index >= 15 is 0 Å². The van der Waals surface area contributed by atoms with Crippen LogP contribution in [0.5, 0.6) is 0 Å². The summed E-state index contributed by atoms with van der Waals surface area (Å²) in [6.07, 6.45) is 2.26. The highest BCUT2D eigenvalue weighted by atomic mass is 35.5. The molecule has 1 aliphatic heterocycles. The van der Waals surface area contributed by atoms with Crippen molar-refractivity contribution in [1.29, 1.82) is 0 Å². The van der Waals surface area contributed by atoms with Crippen LogP contribution in [0, 0.1) is 12.8 Å². The number of nitrogens with one attached hydrogen (secondary N) is 4. The largest absolute Gasteiger partial charge is 0.383 e. The molecule has 30 heavy (non-hydrogen) atoms. The smallest absolute Gasteiger partial charge is 0.261 e. The second kappa shape index (κ2) is 7.78. The van der Waals surface area contributed by atoms with Crippen LogP contribution in [-0.4, -0.2) is 34.6 Å².